The molecule has 0 aromatic carbocycles. The van der Waals surface area contributed by atoms with Gasteiger partial charge in [0.15, 0.2) is 0 Å². The molecule has 0 spiro atoms. The van der Waals surface area contributed by atoms with Gasteiger partial charge in [0, 0.05) is 0 Å². The van der Waals surface area contributed by atoms with Crippen LogP contribution in [0.3, 0.4) is 0 Å². The molecule has 1 rings (SSSR count). The van der Waals surface area contributed by atoms with E-state index in [-0.39, 0.29) is 12.1 Å². The van der Waals surface area contributed by atoms with Crippen LogP contribution in [0.2, 0.25) is 0 Å². The van der Waals surface area contributed by atoms with Crippen molar-refractivity contribution in [2.45, 2.75) is 213 Å². The molecule has 42 heavy (non-hydrogen) atoms. The third kappa shape index (κ3) is 17.8. The van der Waals surface area contributed by atoms with Crippen molar-refractivity contribution in [3.05, 3.63) is 0 Å². The maximum atomic E-state index is 11.2. The SMILES string of the molecule is CCCCCCCC1CC(CCCC(CCCCC)N=C=O)(CCCC(CCCCC)N=C=O)CCC1CCCCC. The van der Waals surface area contributed by atoms with E-state index < -0.39 is 0 Å². The number of hydrogen-bond donors (Lipinski definition) is 0. The van der Waals surface area contributed by atoms with Gasteiger partial charge in [-0.3, -0.25) is 0 Å². The van der Waals surface area contributed by atoms with Crippen LogP contribution in [0.4, 0.5) is 0 Å². The number of carbonyl (C=O) groups excluding carboxylic acids is 2. The van der Waals surface area contributed by atoms with E-state index in [0.717, 1.165) is 63.2 Å². The van der Waals surface area contributed by atoms with E-state index in [4.69, 9.17) is 0 Å². The predicted molar refractivity (Wildman–Crippen MR) is 181 cm³/mol. The minimum Gasteiger partial charge on any atom is -0.211 e. The third-order valence-electron chi connectivity index (χ3n) is 10.5. The molecule has 244 valence electrons. The highest BCUT2D eigenvalue weighted by Gasteiger charge is 2.39. The lowest BCUT2D eigenvalue weighted by Gasteiger charge is -2.46. The van der Waals surface area contributed by atoms with E-state index in [1.165, 1.54) is 122 Å². The van der Waals surface area contributed by atoms with Gasteiger partial charge in [-0.05, 0) is 75.0 Å². The summed E-state index contributed by atoms with van der Waals surface area (Å²) in [5.74, 6) is 1.76. The van der Waals surface area contributed by atoms with Crippen molar-refractivity contribution in [3.63, 3.8) is 0 Å². The Kier molecular flexibility index (Phi) is 24.2. The topological polar surface area (TPSA) is 58.9 Å². The molecule has 0 radical (unpaired) electrons. The molecular weight excluding hydrogens is 516 g/mol. The van der Waals surface area contributed by atoms with Crippen molar-refractivity contribution in [2.75, 3.05) is 0 Å². The first kappa shape index (κ1) is 38.8. The standard InChI is InChI=1S/C38H70N2O2/c1-5-9-13-14-18-22-35-31-38(30-27-34(35)21-15-10-6-2,28-19-25-36(39-32-41)23-16-11-7-3)29-20-26-37(40-33-42)24-17-12-8-4/h34-37H,5-31H2,1-4H3. The molecule has 0 saturated heterocycles. The fraction of sp³-hybridized carbons (Fsp3) is 0.947. The van der Waals surface area contributed by atoms with Crippen molar-refractivity contribution in [3.8, 4) is 0 Å². The van der Waals surface area contributed by atoms with Gasteiger partial charge in [-0.25, -0.2) is 19.6 Å². The van der Waals surface area contributed by atoms with E-state index in [1.807, 2.05) is 12.2 Å². The van der Waals surface area contributed by atoms with Crippen LogP contribution in [0, 0.1) is 17.3 Å². The molecule has 1 aliphatic carbocycles. The Labute approximate surface area is 261 Å². The van der Waals surface area contributed by atoms with E-state index in [0.29, 0.717) is 5.41 Å². The van der Waals surface area contributed by atoms with Gasteiger partial charge < -0.3 is 0 Å². The zero-order chi connectivity index (χ0) is 30.7. The Hall–Kier alpha value is -1.24. The summed E-state index contributed by atoms with van der Waals surface area (Å²) >= 11 is 0. The second-order valence-corrected chi connectivity index (χ2v) is 14.0. The summed E-state index contributed by atoms with van der Waals surface area (Å²) in [6.45, 7) is 9.10. The molecule has 1 fully saturated rings. The van der Waals surface area contributed by atoms with Crippen molar-refractivity contribution in [1.82, 2.24) is 0 Å². The van der Waals surface area contributed by atoms with Crippen molar-refractivity contribution >= 4 is 12.2 Å². The lowest BCUT2D eigenvalue weighted by Crippen LogP contribution is -2.34. The summed E-state index contributed by atoms with van der Waals surface area (Å²) < 4.78 is 0. The minimum absolute atomic E-state index is 0.149. The van der Waals surface area contributed by atoms with E-state index in [9.17, 15) is 9.59 Å². The highest BCUT2D eigenvalue weighted by atomic mass is 16.1. The largest absolute Gasteiger partial charge is 0.235 e. The van der Waals surface area contributed by atoms with Crippen LogP contribution < -0.4 is 0 Å². The van der Waals surface area contributed by atoms with Crippen LogP contribution in [0.25, 0.3) is 0 Å². The molecular formula is C38H70N2O2. The van der Waals surface area contributed by atoms with Gasteiger partial charge in [0.2, 0.25) is 12.2 Å². The molecule has 0 aromatic heterocycles. The van der Waals surface area contributed by atoms with Gasteiger partial charge in [0.25, 0.3) is 0 Å². The molecule has 1 aliphatic rings. The highest BCUT2D eigenvalue weighted by molar-refractivity contribution is 5.33. The number of hydrogen-bond acceptors (Lipinski definition) is 4. The number of rotatable bonds is 28. The molecule has 0 bridgehead atoms. The van der Waals surface area contributed by atoms with Crippen LogP contribution in [0.5, 0.6) is 0 Å². The first-order chi connectivity index (χ1) is 20.6. The minimum atomic E-state index is 0.149. The molecule has 0 amide bonds. The molecule has 1 saturated carbocycles. The Bertz CT molecular complexity index is 687. The Morgan fingerprint density at radius 1 is 0.571 bits per heavy atom. The van der Waals surface area contributed by atoms with Gasteiger partial charge >= 0.3 is 0 Å². The zero-order valence-electron chi connectivity index (χ0n) is 28.6. The van der Waals surface area contributed by atoms with Crippen LogP contribution in [0.1, 0.15) is 201 Å². The van der Waals surface area contributed by atoms with Gasteiger partial charge in [-0.1, -0.05) is 143 Å². The average molecular weight is 587 g/mol. The van der Waals surface area contributed by atoms with Gasteiger partial charge in [0.1, 0.15) is 0 Å². The first-order valence-electron chi connectivity index (χ1n) is 18.7. The number of unbranched alkanes of at least 4 members (excludes halogenated alkanes) is 10. The van der Waals surface area contributed by atoms with E-state index >= 15 is 0 Å². The van der Waals surface area contributed by atoms with Crippen molar-refractivity contribution in [1.29, 1.82) is 0 Å². The lowest BCUT2D eigenvalue weighted by atomic mass is 9.59. The molecule has 0 N–H and O–H groups in total. The number of aliphatic imine (C=N–C) groups is 2. The maximum Gasteiger partial charge on any atom is 0.235 e. The second kappa shape index (κ2) is 26.2. The summed E-state index contributed by atoms with van der Waals surface area (Å²) in [4.78, 5) is 30.8. The lowest BCUT2D eigenvalue weighted by molar-refractivity contribution is 0.0530. The van der Waals surface area contributed by atoms with Gasteiger partial charge in [0.05, 0.1) is 12.1 Å². The molecule has 0 heterocycles. The molecule has 4 atom stereocenters. The fourth-order valence-electron chi connectivity index (χ4n) is 7.90. The Morgan fingerprint density at radius 2 is 1.00 bits per heavy atom. The summed E-state index contributed by atoms with van der Waals surface area (Å²) in [7, 11) is 0. The van der Waals surface area contributed by atoms with E-state index in [2.05, 4.69) is 37.7 Å². The maximum absolute atomic E-state index is 11.2. The average Bonchev–Trinajstić information content (AvgIpc) is 2.98. The molecule has 4 heteroatoms. The van der Waals surface area contributed by atoms with Crippen LogP contribution in [-0.4, -0.2) is 24.2 Å². The summed E-state index contributed by atoms with van der Waals surface area (Å²) in [6.07, 6.45) is 37.8. The molecule has 4 unspecified atom stereocenters. The Morgan fingerprint density at radius 3 is 1.52 bits per heavy atom. The van der Waals surface area contributed by atoms with E-state index in [1.54, 1.807) is 0 Å². The first-order valence-corrected chi connectivity index (χ1v) is 18.7. The molecule has 0 aromatic rings. The number of isocyanates is 2. The van der Waals surface area contributed by atoms with Gasteiger partial charge in [-0.15, -0.1) is 0 Å². The molecule has 4 nitrogen and oxygen atoms in total. The Balaban J connectivity index is 2.97. The predicted octanol–water partition coefficient (Wildman–Crippen LogP) is 12.2. The second-order valence-electron chi connectivity index (χ2n) is 14.0. The summed E-state index contributed by atoms with van der Waals surface area (Å²) in [5.41, 5.74) is 0.396. The van der Waals surface area contributed by atoms with Crippen LogP contribution in [0.15, 0.2) is 9.98 Å². The van der Waals surface area contributed by atoms with Crippen LogP contribution in [-0.2, 0) is 9.59 Å². The zero-order valence-corrected chi connectivity index (χ0v) is 28.6. The third-order valence-corrected chi connectivity index (χ3v) is 10.5. The van der Waals surface area contributed by atoms with Crippen molar-refractivity contribution in [2.24, 2.45) is 27.2 Å². The van der Waals surface area contributed by atoms with Crippen LogP contribution >= 0.6 is 0 Å². The molecule has 0 aliphatic heterocycles. The summed E-state index contributed by atoms with van der Waals surface area (Å²) in [6, 6.07) is 0.298. The number of nitrogens with zero attached hydrogens (tertiary/aromatic N) is 2. The quantitative estimate of drug-likeness (QED) is 0.0520. The monoisotopic (exact) mass is 587 g/mol. The highest BCUT2D eigenvalue weighted by Crippen LogP contribution is 2.51. The van der Waals surface area contributed by atoms with Gasteiger partial charge in [-0.2, -0.15) is 0 Å². The smallest absolute Gasteiger partial charge is 0.211 e. The summed E-state index contributed by atoms with van der Waals surface area (Å²) in [5, 5.41) is 0. The van der Waals surface area contributed by atoms with Crippen molar-refractivity contribution < 1.29 is 9.59 Å². The normalized spacial score (nSPS) is 21.8. The fourth-order valence-corrected chi connectivity index (χ4v) is 7.90.